The zero-order valence-electron chi connectivity index (χ0n) is 24.2. The van der Waals surface area contributed by atoms with Crippen molar-refractivity contribution < 1.29 is 0 Å². The number of benzene rings is 8. The minimum absolute atomic E-state index is 1.17. The van der Waals surface area contributed by atoms with Crippen molar-refractivity contribution in [2.75, 3.05) is 0 Å². The zero-order chi connectivity index (χ0) is 28.7. The molecule has 0 bridgehead atoms. The van der Waals surface area contributed by atoms with Crippen LogP contribution in [0.25, 0.3) is 82.1 Å². The predicted molar refractivity (Wildman–Crippen MR) is 185 cm³/mol. The lowest BCUT2D eigenvalue weighted by Gasteiger charge is -2.19. The summed E-state index contributed by atoms with van der Waals surface area (Å²) in [6, 6.07) is 51.8. The molecule has 1 heterocycles. The van der Waals surface area contributed by atoms with Crippen molar-refractivity contribution in [2.24, 2.45) is 0 Å². The minimum atomic E-state index is 1.17. The molecular weight excluding hydrogens is 518 g/mol. The van der Waals surface area contributed by atoms with Crippen molar-refractivity contribution in [1.82, 2.24) is 4.57 Å². The molecule has 0 aliphatic rings. The van der Waals surface area contributed by atoms with Crippen LogP contribution in [0.5, 0.6) is 0 Å². The maximum absolute atomic E-state index is 2.41. The molecule has 0 unspecified atom stereocenters. The molecule has 0 spiro atoms. The average Bonchev–Trinajstić information content (AvgIpc) is 3.37. The van der Waals surface area contributed by atoms with Gasteiger partial charge in [-0.05, 0) is 104 Å². The quantitative estimate of drug-likeness (QED) is 0.194. The van der Waals surface area contributed by atoms with E-state index in [1.807, 2.05) is 0 Å². The van der Waals surface area contributed by atoms with Gasteiger partial charge in [-0.15, -0.1) is 0 Å². The lowest BCUT2D eigenvalue weighted by Crippen LogP contribution is -1.94. The number of aromatic nitrogens is 1. The van der Waals surface area contributed by atoms with E-state index < -0.39 is 0 Å². The highest BCUT2D eigenvalue weighted by Gasteiger charge is 2.18. The van der Waals surface area contributed by atoms with Crippen LogP contribution in [0.15, 0.2) is 140 Å². The fraction of sp³-hybridized carbons (Fsp3) is 0.0476. The first-order valence-electron chi connectivity index (χ1n) is 15.0. The Balaban J connectivity index is 1.31. The lowest BCUT2D eigenvalue weighted by atomic mass is 9.85. The Hall–Kier alpha value is -5.40. The second kappa shape index (κ2) is 9.05. The van der Waals surface area contributed by atoms with Gasteiger partial charge in [0.05, 0.1) is 11.0 Å². The van der Waals surface area contributed by atoms with Crippen LogP contribution in [-0.4, -0.2) is 4.57 Å². The van der Waals surface area contributed by atoms with Gasteiger partial charge in [-0.1, -0.05) is 115 Å². The molecule has 0 amide bonds. The third-order valence-corrected chi connectivity index (χ3v) is 9.21. The second-order valence-corrected chi connectivity index (χ2v) is 11.9. The van der Waals surface area contributed by atoms with E-state index in [4.69, 9.17) is 0 Å². The first kappa shape index (κ1) is 24.2. The summed E-state index contributed by atoms with van der Waals surface area (Å²) in [5.74, 6) is 0. The van der Waals surface area contributed by atoms with Crippen LogP contribution in [0.3, 0.4) is 0 Å². The normalized spacial score (nSPS) is 12.0. The number of nitrogens with zero attached hydrogens (tertiary/aromatic N) is 1. The number of rotatable bonds is 3. The lowest BCUT2D eigenvalue weighted by molar-refractivity contribution is 1.18. The average molecular weight is 548 g/mol. The molecule has 1 nitrogen and oxygen atoms in total. The highest BCUT2D eigenvalue weighted by Crippen LogP contribution is 2.44. The SMILES string of the molecule is Cc1cccc(-c2cc(-c3ccc(-n4c5ccccc5c5ccccc54)cc3)c3ccc4cc(C)cc5ccc2c3c45)c1. The van der Waals surface area contributed by atoms with Crippen molar-refractivity contribution in [1.29, 1.82) is 0 Å². The molecule has 0 N–H and O–H groups in total. The topological polar surface area (TPSA) is 4.93 Å². The molecule has 0 atom stereocenters. The Labute approximate surface area is 250 Å². The molecule has 0 aliphatic heterocycles. The van der Waals surface area contributed by atoms with Gasteiger partial charge in [-0.2, -0.15) is 0 Å². The van der Waals surface area contributed by atoms with E-state index in [1.54, 1.807) is 0 Å². The minimum Gasteiger partial charge on any atom is -0.309 e. The van der Waals surface area contributed by atoms with Gasteiger partial charge >= 0.3 is 0 Å². The van der Waals surface area contributed by atoms with Gasteiger partial charge < -0.3 is 4.57 Å². The van der Waals surface area contributed by atoms with E-state index in [9.17, 15) is 0 Å². The molecule has 8 aromatic carbocycles. The molecule has 9 aromatic rings. The summed E-state index contributed by atoms with van der Waals surface area (Å²) in [7, 11) is 0. The highest BCUT2D eigenvalue weighted by molar-refractivity contribution is 6.28. The number of hydrogen-bond donors (Lipinski definition) is 0. The molecule has 0 fully saturated rings. The maximum Gasteiger partial charge on any atom is 0.0541 e. The monoisotopic (exact) mass is 547 g/mol. The summed E-state index contributed by atoms with van der Waals surface area (Å²) in [4.78, 5) is 0. The van der Waals surface area contributed by atoms with Gasteiger partial charge in [0.25, 0.3) is 0 Å². The van der Waals surface area contributed by atoms with Crippen LogP contribution in [0.4, 0.5) is 0 Å². The molecular formula is C42H29N. The van der Waals surface area contributed by atoms with Crippen LogP contribution < -0.4 is 0 Å². The summed E-state index contributed by atoms with van der Waals surface area (Å²) in [6.45, 7) is 4.37. The zero-order valence-corrected chi connectivity index (χ0v) is 24.2. The van der Waals surface area contributed by atoms with Crippen LogP contribution in [-0.2, 0) is 0 Å². The molecule has 9 rings (SSSR count). The third kappa shape index (κ3) is 3.58. The molecule has 202 valence electrons. The largest absolute Gasteiger partial charge is 0.309 e. The van der Waals surface area contributed by atoms with Crippen LogP contribution in [0.1, 0.15) is 11.1 Å². The van der Waals surface area contributed by atoms with Gasteiger partial charge in [-0.25, -0.2) is 0 Å². The molecule has 0 saturated heterocycles. The Morgan fingerprint density at radius 2 is 1.00 bits per heavy atom. The van der Waals surface area contributed by atoms with E-state index in [0.717, 1.165) is 0 Å². The standard InChI is InChI=1S/C42H29N/c1-26-8-7-9-29(22-26)38-25-37(35-20-16-30-23-27(2)24-31-17-21-36(38)42(35)41(30)31)28-14-18-32(19-15-28)43-39-12-5-3-10-33(39)34-11-4-6-13-40(34)43/h3-25H,1-2H3. The maximum atomic E-state index is 2.41. The fourth-order valence-electron chi connectivity index (χ4n) is 7.35. The van der Waals surface area contributed by atoms with Crippen LogP contribution >= 0.6 is 0 Å². The summed E-state index contributed by atoms with van der Waals surface area (Å²) < 4.78 is 2.39. The molecule has 43 heavy (non-hydrogen) atoms. The Morgan fingerprint density at radius 3 is 1.63 bits per heavy atom. The molecule has 0 saturated carbocycles. The Kier molecular flexibility index (Phi) is 5.10. The second-order valence-electron chi connectivity index (χ2n) is 11.9. The summed E-state index contributed by atoms with van der Waals surface area (Å²) in [6.07, 6.45) is 0. The third-order valence-electron chi connectivity index (χ3n) is 9.21. The van der Waals surface area contributed by atoms with E-state index >= 15 is 0 Å². The number of fused-ring (bicyclic) bond motifs is 3. The molecule has 0 aliphatic carbocycles. The first-order chi connectivity index (χ1) is 21.1. The Morgan fingerprint density at radius 1 is 0.395 bits per heavy atom. The van der Waals surface area contributed by atoms with Gasteiger partial charge in [0, 0.05) is 16.5 Å². The van der Waals surface area contributed by atoms with Crippen LogP contribution in [0, 0.1) is 13.8 Å². The summed E-state index contributed by atoms with van der Waals surface area (Å²) in [5, 5.41) is 10.5. The summed E-state index contributed by atoms with van der Waals surface area (Å²) in [5.41, 5.74) is 11.3. The van der Waals surface area contributed by atoms with Crippen molar-refractivity contribution in [3.8, 4) is 27.9 Å². The Bertz CT molecular complexity index is 2440. The van der Waals surface area contributed by atoms with E-state index in [2.05, 4.69) is 158 Å². The van der Waals surface area contributed by atoms with Crippen LogP contribution in [0.2, 0.25) is 0 Å². The van der Waals surface area contributed by atoms with Crippen molar-refractivity contribution in [3.63, 3.8) is 0 Å². The van der Waals surface area contributed by atoms with Gasteiger partial charge in [0.2, 0.25) is 0 Å². The molecule has 0 radical (unpaired) electrons. The van der Waals surface area contributed by atoms with Gasteiger partial charge in [0.15, 0.2) is 0 Å². The fourth-order valence-corrected chi connectivity index (χ4v) is 7.35. The first-order valence-corrected chi connectivity index (χ1v) is 15.0. The van der Waals surface area contributed by atoms with Crippen molar-refractivity contribution in [3.05, 3.63) is 151 Å². The summed E-state index contributed by atoms with van der Waals surface area (Å²) >= 11 is 0. The van der Waals surface area contributed by atoms with Gasteiger partial charge in [-0.3, -0.25) is 0 Å². The van der Waals surface area contributed by atoms with Crippen molar-refractivity contribution in [2.45, 2.75) is 13.8 Å². The smallest absolute Gasteiger partial charge is 0.0541 e. The van der Waals surface area contributed by atoms with E-state index in [1.165, 1.54) is 93.2 Å². The van der Waals surface area contributed by atoms with E-state index in [0.29, 0.717) is 0 Å². The highest BCUT2D eigenvalue weighted by atomic mass is 15.0. The molecule has 1 heteroatoms. The molecule has 1 aromatic heterocycles. The van der Waals surface area contributed by atoms with Gasteiger partial charge in [0.1, 0.15) is 0 Å². The number of para-hydroxylation sites is 2. The van der Waals surface area contributed by atoms with Crippen molar-refractivity contribution >= 4 is 54.1 Å². The predicted octanol–water partition coefficient (Wildman–Crippen LogP) is 11.6. The number of aryl methyl sites for hydroxylation is 2. The van der Waals surface area contributed by atoms with E-state index in [-0.39, 0.29) is 0 Å². The number of hydrogen-bond acceptors (Lipinski definition) is 0.